The van der Waals surface area contributed by atoms with Crippen LogP contribution in [0.5, 0.6) is 0 Å². The molecule has 0 unspecified atom stereocenters. The van der Waals surface area contributed by atoms with E-state index in [2.05, 4.69) is 20.9 Å². The summed E-state index contributed by atoms with van der Waals surface area (Å²) >= 11 is 1.47. The first-order valence-electron chi connectivity index (χ1n) is 12.1. The molecule has 0 aliphatic carbocycles. The standard InChI is InChI=1S/C26H30N8O2S2/c1-17-4-5-19(18-6-8-20(9-7-18)38(35,36)34-12-10-32(2)11-13-34)14-22(17)33(3)26-29-21(16-37-26)25-30-23(27)15-24(28)31-25/h4-9,14-16H,10-13H2,1-3H3,(H4,27,28,30,31). The van der Waals surface area contributed by atoms with Gasteiger partial charge in [-0.3, -0.25) is 0 Å². The van der Waals surface area contributed by atoms with Crippen LogP contribution in [-0.2, 0) is 10.0 Å². The van der Waals surface area contributed by atoms with Crippen LogP contribution in [0, 0.1) is 6.92 Å². The molecule has 2 aromatic carbocycles. The molecule has 4 N–H and O–H groups in total. The molecule has 0 amide bonds. The van der Waals surface area contributed by atoms with Crippen LogP contribution < -0.4 is 16.4 Å². The van der Waals surface area contributed by atoms with E-state index in [1.165, 1.54) is 17.4 Å². The zero-order valence-electron chi connectivity index (χ0n) is 21.5. The van der Waals surface area contributed by atoms with Crippen molar-refractivity contribution in [3.8, 4) is 22.6 Å². The molecule has 0 spiro atoms. The first-order chi connectivity index (χ1) is 18.1. The minimum atomic E-state index is -3.51. The highest BCUT2D eigenvalue weighted by Gasteiger charge is 2.27. The zero-order chi connectivity index (χ0) is 27.0. The van der Waals surface area contributed by atoms with Crippen molar-refractivity contribution in [2.75, 3.05) is 56.6 Å². The van der Waals surface area contributed by atoms with Gasteiger partial charge in [0.05, 0.1) is 4.90 Å². The van der Waals surface area contributed by atoms with Crippen molar-refractivity contribution in [3.63, 3.8) is 0 Å². The highest BCUT2D eigenvalue weighted by Crippen LogP contribution is 2.35. The number of nitrogens with two attached hydrogens (primary N) is 2. The number of likely N-dealkylation sites (N-methyl/N-ethyl adjacent to an activating group) is 1. The minimum absolute atomic E-state index is 0.293. The fourth-order valence-electron chi connectivity index (χ4n) is 4.37. The van der Waals surface area contributed by atoms with Gasteiger partial charge in [0, 0.05) is 50.4 Å². The molecule has 198 valence electrons. The van der Waals surface area contributed by atoms with Gasteiger partial charge in [0.2, 0.25) is 10.0 Å². The zero-order valence-corrected chi connectivity index (χ0v) is 23.1. The first kappa shape index (κ1) is 26.0. The summed E-state index contributed by atoms with van der Waals surface area (Å²) in [5.74, 6) is 0.970. The van der Waals surface area contributed by atoms with E-state index < -0.39 is 10.0 Å². The third-order valence-electron chi connectivity index (χ3n) is 6.63. The molecule has 4 aromatic rings. The maximum atomic E-state index is 13.1. The summed E-state index contributed by atoms with van der Waals surface area (Å²) in [5.41, 5.74) is 16.2. The summed E-state index contributed by atoms with van der Waals surface area (Å²) in [7, 11) is 0.448. The van der Waals surface area contributed by atoms with Gasteiger partial charge in [0.25, 0.3) is 0 Å². The monoisotopic (exact) mass is 550 g/mol. The number of rotatable bonds is 6. The Morgan fingerprint density at radius 2 is 1.53 bits per heavy atom. The summed E-state index contributed by atoms with van der Waals surface area (Å²) in [6.07, 6.45) is 0. The van der Waals surface area contributed by atoms with Crippen LogP contribution in [0.15, 0.2) is 58.8 Å². The van der Waals surface area contributed by atoms with Gasteiger partial charge in [-0.05, 0) is 48.9 Å². The van der Waals surface area contributed by atoms with Crippen LogP contribution in [0.25, 0.3) is 22.6 Å². The quantitative estimate of drug-likeness (QED) is 0.370. The number of nitrogen functional groups attached to an aromatic ring is 2. The second-order valence-corrected chi connectivity index (χ2v) is 12.1. The van der Waals surface area contributed by atoms with E-state index in [4.69, 9.17) is 16.5 Å². The van der Waals surface area contributed by atoms with Crippen LogP contribution in [0.4, 0.5) is 22.5 Å². The van der Waals surface area contributed by atoms with Gasteiger partial charge in [-0.2, -0.15) is 4.31 Å². The molecule has 1 saturated heterocycles. The number of sulfonamides is 1. The van der Waals surface area contributed by atoms with Gasteiger partial charge in [-0.25, -0.2) is 23.4 Å². The van der Waals surface area contributed by atoms with E-state index >= 15 is 0 Å². The lowest BCUT2D eigenvalue weighted by Crippen LogP contribution is -2.46. The normalized spacial score (nSPS) is 15.0. The average molecular weight is 551 g/mol. The van der Waals surface area contributed by atoms with E-state index in [0.717, 1.165) is 40.6 Å². The number of hydrogen-bond donors (Lipinski definition) is 2. The third-order valence-corrected chi connectivity index (χ3v) is 9.46. The summed E-state index contributed by atoms with van der Waals surface area (Å²) in [6.45, 7) is 4.52. The van der Waals surface area contributed by atoms with E-state index in [-0.39, 0.29) is 0 Å². The number of anilines is 4. The fraction of sp³-hybridized carbons (Fsp3) is 0.269. The van der Waals surface area contributed by atoms with Gasteiger partial charge in [-0.1, -0.05) is 24.3 Å². The Balaban J connectivity index is 1.39. The van der Waals surface area contributed by atoms with Crippen LogP contribution >= 0.6 is 11.3 Å². The highest BCUT2D eigenvalue weighted by atomic mass is 32.2. The Hall–Kier alpha value is -3.58. The van der Waals surface area contributed by atoms with Crippen molar-refractivity contribution in [2.45, 2.75) is 11.8 Å². The summed E-state index contributed by atoms with van der Waals surface area (Å²) in [6, 6.07) is 14.8. The van der Waals surface area contributed by atoms with E-state index in [1.54, 1.807) is 16.4 Å². The SMILES string of the molecule is Cc1ccc(-c2ccc(S(=O)(=O)N3CCN(C)CC3)cc2)cc1N(C)c1nc(-c2nc(N)cc(N)n2)cs1. The van der Waals surface area contributed by atoms with Crippen molar-refractivity contribution in [1.82, 2.24) is 24.2 Å². The molecule has 0 radical (unpaired) electrons. The van der Waals surface area contributed by atoms with Crippen LogP contribution in [0.2, 0.25) is 0 Å². The summed E-state index contributed by atoms with van der Waals surface area (Å²) in [5, 5.41) is 2.64. The fourth-order valence-corrected chi connectivity index (χ4v) is 6.58. The molecule has 1 aliphatic heterocycles. The largest absolute Gasteiger partial charge is 0.384 e. The maximum Gasteiger partial charge on any atom is 0.243 e. The number of nitrogens with zero attached hydrogens (tertiary/aromatic N) is 6. The number of benzene rings is 2. The topological polar surface area (TPSA) is 135 Å². The average Bonchev–Trinajstić information content (AvgIpc) is 3.39. The lowest BCUT2D eigenvalue weighted by Gasteiger charge is -2.31. The van der Waals surface area contributed by atoms with E-state index in [1.807, 2.05) is 55.6 Å². The number of piperazine rings is 1. The number of aromatic nitrogens is 3. The van der Waals surface area contributed by atoms with Crippen LogP contribution in [-0.4, -0.2) is 72.8 Å². The van der Waals surface area contributed by atoms with Crippen molar-refractivity contribution >= 4 is 43.8 Å². The van der Waals surface area contributed by atoms with E-state index in [9.17, 15) is 8.42 Å². The minimum Gasteiger partial charge on any atom is -0.384 e. The molecule has 1 fully saturated rings. The Labute approximate surface area is 226 Å². The molecule has 2 aromatic heterocycles. The van der Waals surface area contributed by atoms with Gasteiger partial charge in [-0.15, -0.1) is 11.3 Å². The lowest BCUT2D eigenvalue weighted by molar-refractivity contribution is 0.222. The molecular weight excluding hydrogens is 520 g/mol. The molecule has 0 atom stereocenters. The summed E-state index contributed by atoms with van der Waals surface area (Å²) in [4.78, 5) is 17.6. The first-order valence-corrected chi connectivity index (χ1v) is 14.4. The molecule has 38 heavy (non-hydrogen) atoms. The smallest absolute Gasteiger partial charge is 0.243 e. The highest BCUT2D eigenvalue weighted by molar-refractivity contribution is 7.89. The van der Waals surface area contributed by atoms with Crippen LogP contribution in [0.3, 0.4) is 0 Å². The van der Waals surface area contributed by atoms with E-state index in [0.29, 0.717) is 41.1 Å². The molecule has 12 heteroatoms. The van der Waals surface area contributed by atoms with Crippen molar-refractivity contribution in [1.29, 1.82) is 0 Å². The number of aryl methyl sites for hydroxylation is 1. The van der Waals surface area contributed by atoms with Gasteiger partial charge in [0.15, 0.2) is 11.0 Å². The van der Waals surface area contributed by atoms with Crippen molar-refractivity contribution in [3.05, 3.63) is 59.5 Å². The molecule has 3 heterocycles. The Bertz CT molecular complexity index is 1540. The molecule has 5 rings (SSSR count). The third kappa shape index (κ3) is 5.20. The van der Waals surface area contributed by atoms with Crippen molar-refractivity contribution < 1.29 is 8.42 Å². The van der Waals surface area contributed by atoms with Gasteiger partial charge < -0.3 is 21.3 Å². The predicted molar refractivity (Wildman–Crippen MR) is 153 cm³/mol. The maximum absolute atomic E-state index is 13.1. The molecule has 1 aliphatic rings. The van der Waals surface area contributed by atoms with Crippen LogP contribution in [0.1, 0.15) is 5.56 Å². The summed E-state index contributed by atoms with van der Waals surface area (Å²) < 4.78 is 27.8. The van der Waals surface area contributed by atoms with Crippen molar-refractivity contribution in [2.24, 2.45) is 0 Å². The number of hydrogen-bond acceptors (Lipinski definition) is 10. The molecular formula is C26H30N8O2S2. The number of thiazole rings is 1. The Kier molecular flexibility index (Phi) is 7.05. The Morgan fingerprint density at radius 1 is 0.895 bits per heavy atom. The van der Waals surface area contributed by atoms with Gasteiger partial charge in [0.1, 0.15) is 17.3 Å². The second kappa shape index (κ2) is 10.3. The van der Waals surface area contributed by atoms with Gasteiger partial charge >= 0.3 is 0 Å². The predicted octanol–water partition coefficient (Wildman–Crippen LogP) is 3.44. The second-order valence-electron chi connectivity index (χ2n) is 9.35. The Morgan fingerprint density at radius 3 is 2.18 bits per heavy atom. The molecule has 0 bridgehead atoms. The molecule has 10 nitrogen and oxygen atoms in total. The lowest BCUT2D eigenvalue weighted by atomic mass is 10.0. The molecule has 0 saturated carbocycles.